The third kappa shape index (κ3) is 2.14. The summed E-state index contributed by atoms with van der Waals surface area (Å²) in [7, 11) is 0. The number of pyridine rings is 1. The molecule has 0 amide bonds. The summed E-state index contributed by atoms with van der Waals surface area (Å²) in [4.78, 5) is 4.33. The van der Waals surface area contributed by atoms with E-state index in [0.717, 1.165) is 10.9 Å². The number of aromatic nitrogens is 1. The lowest BCUT2D eigenvalue weighted by molar-refractivity contribution is 0.131. The molecule has 1 unspecified atom stereocenters. The van der Waals surface area contributed by atoms with Gasteiger partial charge in [0.05, 0.1) is 17.3 Å². The van der Waals surface area contributed by atoms with Crippen LogP contribution in [0.15, 0.2) is 36.4 Å². The molecule has 2 N–H and O–H groups in total. The number of nitrogens with zero attached hydrogens (tertiary/aromatic N) is 1. The minimum Gasteiger partial charge on any atom is -0.396 e. The van der Waals surface area contributed by atoms with Crippen LogP contribution in [0.2, 0.25) is 0 Å². The van der Waals surface area contributed by atoms with E-state index >= 15 is 0 Å². The highest BCUT2D eigenvalue weighted by atomic mass is 16.3. The highest BCUT2D eigenvalue weighted by Gasteiger charge is 2.08. The van der Waals surface area contributed by atoms with Gasteiger partial charge >= 0.3 is 0 Å². The second-order valence-corrected chi connectivity index (χ2v) is 3.46. The number of para-hydroxylation sites is 1. The molecule has 1 atom stereocenters. The third-order valence-electron chi connectivity index (χ3n) is 2.36. The second-order valence-electron chi connectivity index (χ2n) is 3.46. The van der Waals surface area contributed by atoms with E-state index in [4.69, 9.17) is 5.11 Å². The van der Waals surface area contributed by atoms with Gasteiger partial charge < -0.3 is 10.2 Å². The molecule has 0 saturated carbocycles. The monoisotopic (exact) mass is 203 g/mol. The van der Waals surface area contributed by atoms with E-state index in [-0.39, 0.29) is 6.61 Å². The number of benzene rings is 1. The van der Waals surface area contributed by atoms with Crippen molar-refractivity contribution in [2.45, 2.75) is 12.5 Å². The normalized spacial score (nSPS) is 12.9. The highest BCUT2D eigenvalue weighted by Crippen LogP contribution is 2.18. The molecule has 78 valence electrons. The molecule has 3 nitrogen and oxygen atoms in total. The standard InChI is InChI=1S/C12H13NO2/c14-8-7-12(15)11-6-5-9-3-1-2-4-10(9)13-11/h1-6,12,14-15H,7-8H2. The first-order valence-electron chi connectivity index (χ1n) is 4.96. The number of hydrogen-bond acceptors (Lipinski definition) is 3. The molecule has 0 radical (unpaired) electrons. The Hall–Kier alpha value is -1.45. The number of aliphatic hydroxyl groups excluding tert-OH is 2. The van der Waals surface area contributed by atoms with Crippen LogP contribution in [0.3, 0.4) is 0 Å². The maximum atomic E-state index is 9.66. The molecule has 2 aromatic rings. The lowest BCUT2D eigenvalue weighted by atomic mass is 10.1. The number of fused-ring (bicyclic) bond motifs is 1. The fourth-order valence-corrected chi connectivity index (χ4v) is 1.54. The van der Waals surface area contributed by atoms with Gasteiger partial charge in [-0.1, -0.05) is 24.3 Å². The Morgan fingerprint density at radius 3 is 2.73 bits per heavy atom. The highest BCUT2D eigenvalue weighted by molar-refractivity contribution is 5.78. The van der Waals surface area contributed by atoms with Gasteiger partial charge in [0.25, 0.3) is 0 Å². The first kappa shape index (κ1) is 10.1. The van der Waals surface area contributed by atoms with Gasteiger partial charge in [0, 0.05) is 18.4 Å². The maximum Gasteiger partial charge on any atom is 0.0981 e. The van der Waals surface area contributed by atoms with Gasteiger partial charge in [-0.25, -0.2) is 0 Å². The van der Waals surface area contributed by atoms with Crippen molar-refractivity contribution in [2.75, 3.05) is 6.61 Å². The number of rotatable bonds is 3. The molecule has 1 aromatic carbocycles. The lowest BCUT2D eigenvalue weighted by Crippen LogP contribution is -2.02. The number of hydrogen-bond donors (Lipinski definition) is 2. The van der Waals surface area contributed by atoms with E-state index in [9.17, 15) is 5.11 Å². The van der Waals surface area contributed by atoms with E-state index in [1.54, 1.807) is 6.07 Å². The van der Waals surface area contributed by atoms with Crippen LogP contribution < -0.4 is 0 Å². The van der Waals surface area contributed by atoms with Crippen LogP contribution in [0.1, 0.15) is 18.2 Å². The molecule has 1 heterocycles. The molecule has 0 aliphatic rings. The summed E-state index contributed by atoms with van der Waals surface area (Å²) in [6.45, 7) is -0.0321. The summed E-state index contributed by atoms with van der Waals surface area (Å²) in [5.41, 5.74) is 1.48. The van der Waals surface area contributed by atoms with Crippen LogP contribution in [-0.4, -0.2) is 21.8 Å². The van der Waals surface area contributed by atoms with Crippen LogP contribution in [0, 0.1) is 0 Å². The molecule has 0 aliphatic heterocycles. The van der Waals surface area contributed by atoms with Gasteiger partial charge in [-0.2, -0.15) is 0 Å². The molecule has 0 fully saturated rings. The fourth-order valence-electron chi connectivity index (χ4n) is 1.54. The van der Waals surface area contributed by atoms with Crippen molar-refractivity contribution in [1.29, 1.82) is 0 Å². The van der Waals surface area contributed by atoms with Crippen molar-refractivity contribution in [3.63, 3.8) is 0 Å². The van der Waals surface area contributed by atoms with Gasteiger partial charge in [-0.15, -0.1) is 0 Å². The van der Waals surface area contributed by atoms with E-state index in [1.807, 2.05) is 30.3 Å². The van der Waals surface area contributed by atoms with E-state index in [0.29, 0.717) is 12.1 Å². The van der Waals surface area contributed by atoms with Gasteiger partial charge in [0.2, 0.25) is 0 Å². The zero-order valence-corrected chi connectivity index (χ0v) is 8.30. The molecule has 0 bridgehead atoms. The van der Waals surface area contributed by atoms with Crippen LogP contribution in [0.4, 0.5) is 0 Å². The molecule has 1 aromatic heterocycles. The summed E-state index contributed by atoms with van der Waals surface area (Å²) < 4.78 is 0. The summed E-state index contributed by atoms with van der Waals surface area (Å²) >= 11 is 0. The zero-order chi connectivity index (χ0) is 10.7. The van der Waals surface area contributed by atoms with Gasteiger partial charge in [-0.3, -0.25) is 4.98 Å². The van der Waals surface area contributed by atoms with Crippen LogP contribution in [-0.2, 0) is 0 Å². The summed E-state index contributed by atoms with van der Waals surface area (Å²) in [5, 5.41) is 19.4. The fraction of sp³-hybridized carbons (Fsp3) is 0.250. The zero-order valence-electron chi connectivity index (χ0n) is 8.30. The molecule has 2 rings (SSSR count). The van der Waals surface area contributed by atoms with E-state index in [2.05, 4.69) is 4.98 Å². The molecule has 0 spiro atoms. The Morgan fingerprint density at radius 2 is 1.93 bits per heavy atom. The smallest absolute Gasteiger partial charge is 0.0981 e. The van der Waals surface area contributed by atoms with Crippen molar-refractivity contribution in [3.05, 3.63) is 42.1 Å². The first-order valence-corrected chi connectivity index (χ1v) is 4.96. The summed E-state index contributed by atoms with van der Waals surface area (Å²) in [6, 6.07) is 11.5. The average Bonchev–Trinajstić information content (AvgIpc) is 2.29. The van der Waals surface area contributed by atoms with E-state index in [1.165, 1.54) is 0 Å². The SMILES string of the molecule is OCCC(O)c1ccc2ccccc2n1. The quantitative estimate of drug-likeness (QED) is 0.797. The summed E-state index contributed by atoms with van der Waals surface area (Å²) in [5.74, 6) is 0. The second kappa shape index (κ2) is 4.38. The van der Waals surface area contributed by atoms with Crippen LogP contribution >= 0.6 is 0 Å². The third-order valence-corrected chi connectivity index (χ3v) is 2.36. The Labute approximate surface area is 88.0 Å². The van der Waals surface area contributed by atoms with Gasteiger partial charge in [0.1, 0.15) is 0 Å². The summed E-state index contributed by atoms with van der Waals surface area (Å²) in [6.07, 6.45) is -0.356. The van der Waals surface area contributed by atoms with Gasteiger partial charge in [0.15, 0.2) is 0 Å². The molecule has 0 saturated heterocycles. The van der Waals surface area contributed by atoms with Crippen molar-refractivity contribution < 1.29 is 10.2 Å². The van der Waals surface area contributed by atoms with Crippen molar-refractivity contribution in [2.24, 2.45) is 0 Å². The minimum absolute atomic E-state index is 0.0321. The number of aliphatic hydroxyl groups is 2. The predicted molar refractivity (Wildman–Crippen MR) is 58.4 cm³/mol. The molecular weight excluding hydrogens is 190 g/mol. The largest absolute Gasteiger partial charge is 0.396 e. The van der Waals surface area contributed by atoms with Crippen molar-refractivity contribution in [3.8, 4) is 0 Å². The Kier molecular flexibility index (Phi) is 2.94. The Bertz CT molecular complexity index is 456. The first-order chi connectivity index (χ1) is 7.31. The Morgan fingerprint density at radius 1 is 1.13 bits per heavy atom. The molecule has 3 heteroatoms. The minimum atomic E-state index is -0.681. The maximum absolute atomic E-state index is 9.66. The van der Waals surface area contributed by atoms with Crippen LogP contribution in [0.5, 0.6) is 0 Å². The topological polar surface area (TPSA) is 53.4 Å². The molecule has 15 heavy (non-hydrogen) atoms. The van der Waals surface area contributed by atoms with Crippen LogP contribution in [0.25, 0.3) is 10.9 Å². The van der Waals surface area contributed by atoms with Gasteiger partial charge in [-0.05, 0) is 12.1 Å². The van der Waals surface area contributed by atoms with E-state index < -0.39 is 6.10 Å². The predicted octanol–water partition coefficient (Wildman–Crippen LogP) is 1.65. The molecule has 0 aliphatic carbocycles. The van der Waals surface area contributed by atoms with Crippen molar-refractivity contribution in [1.82, 2.24) is 4.98 Å². The Balaban J connectivity index is 2.38. The lowest BCUT2D eigenvalue weighted by Gasteiger charge is -2.08. The average molecular weight is 203 g/mol. The van der Waals surface area contributed by atoms with Crippen molar-refractivity contribution >= 4 is 10.9 Å². The molecular formula is C12H13NO2.